The Bertz CT molecular complexity index is 808. The minimum absolute atomic E-state index is 0.0151. The molecule has 4 aliphatic carbocycles. The lowest BCUT2D eigenvalue weighted by Crippen LogP contribution is -2.69. The lowest BCUT2D eigenvalue weighted by atomic mass is 9.44. The van der Waals surface area contributed by atoms with Crippen molar-refractivity contribution in [2.45, 2.75) is 63.8 Å². The first kappa shape index (κ1) is 20.2. The van der Waals surface area contributed by atoms with Crippen LogP contribution in [0.5, 0.6) is 0 Å². The fourth-order valence-corrected chi connectivity index (χ4v) is 7.45. The smallest absolute Gasteiger partial charge is 0.179 e. The van der Waals surface area contributed by atoms with Crippen molar-refractivity contribution in [1.82, 2.24) is 0 Å². The van der Waals surface area contributed by atoms with E-state index in [1.54, 1.807) is 13.0 Å². The highest BCUT2D eigenvalue weighted by molar-refractivity contribution is 6.29. The normalized spacial score (nSPS) is 52.5. The molecule has 6 heteroatoms. The van der Waals surface area contributed by atoms with Crippen molar-refractivity contribution in [3.05, 3.63) is 23.8 Å². The molecule has 2 N–H and O–H groups in total. The molecule has 3 saturated carbocycles. The fourth-order valence-electron chi connectivity index (χ4n) is 7.24. The number of aliphatic hydroxyl groups is 2. The van der Waals surface area contributed by atoms with Crippen molar-refractivity contribution in [3.8, 4) is 0 Å². The molecule has 4 rings (SSSR count). The maximum Gasteiger partial charge on any atom is 0.179 e. The summed E-state index contributed by atoms with van der Waals surface area (Å²) in [5.41, 5.74) is -4.90. The van der Waals surface area contributed by atoms with Gasteiger partial charge in [0.05, 0.1) is 12.0 Å². The Morgan fingerprint density at radius 3 is 2.68 bits per heavy atom. The van der Waals surface area contributed by atoms with Crippen molar-refractivity contribution < 1.29 is 24.2 Å². The molecule has 0 aliphatic heterocycles. The van der Waals surface area contributed by atoms with Gasteiger partial charge in [-0.2, -0.15) is 0 Å². The second-order valence-corrected chi connectivity index (χ2v) is 9.99. The van der Waals surface area contributed by atoms with Crippen molar-refractivity contribution in [2.75, 3.05) is 5.88 Å². The topological polar surface area (TPSA) is 74.6 Å². The summed E-state index contributed by atoms with van der Waals surface area (Å²) in [6.45, 7) is 5.38. The quantitative estimate of drug-likeness (QED) is 0.686. The van der Waals surface area contributed by atoms with Crippen LogP contribution in [0.2, 0.25) is 0 Å². The number of alkyl halides is 2. The van der Waals surface area contributed by atoms with Crippen LogP contribution in [0.25, 0.3) is 0 Å². The Hall–Kier alpha value is -1.04. The highest BCUT2D eigenvalue weighted by atomic mass is 35.5. The number of allylic oxidation sites excluding steroid dienone is 4. The number of hydrogen-bond acceptors (Lipinski definition) is 4. The van der Waals surface area contributed by atoms with Gasteiger partial charge in [0, 0.05) is 16.7 Å². The zero-order chi connectivity index (χ0) is 20.7. The Labute approximate surface area is 169 Å². The SMILES string of the molecule is C[C@@H]1C[C@H]2[C@@H]3CCC4=CC(=O)C=C[C@]4(C)[C@]3(F)[C@H](O)C[C@]2(C)[C@]1(O)C(=O)CCl. The van der Waals surface area contributed by atoms with E-state index < -0.39 is 39.9 Å². The first-order chi connectivity index (χ1) is 13.0. The van der Waals surface area contributed by atoms with E-state index in [4.69, 9.17) is 11.6 Å². The van der Waals surface area contributed by atoms with Crippen LogP contribution in [-0.4, -0.2) is 45.0 Å². The van der Waals surface area contributed by atoms with Crippen LogP contribution in [0.3, 0.4) is 0 Å². The number of fused-ring (bicyclic) bond motifs is 5. The van der Waals surface area contributed by atoms with E-state index in [-0.39, 0.29) is 29.9 Å². The molecular weight excluding hydrogens is 383 g/mol. The summed E-state index contributed by atoms with van der Waals surface area (Å²) in [7, 11) is 0. The van der Waals surface area contributed by atoms with Gasteiger partial charge in [-0.1, -0.05) is 25.5 Å². The third-order valence-corrected chi connectivity index (χ3v) is 9.01. The van der Waals surface area contributed by atoms with Gasteiger partial charge < -0.3 is 10.2 Å². The van der Waals surface area contributed by atoms with Crippen molar-refractivity contribution in [2.24, 2.45) is 28.6 Å². The number of hydrogen-bond donors (Lipinski definition) is 2. The molecule has 0 bridgehead atoms. The van der Waals surface area contributed by atoms with Crippen LogP contribution in [-0.2, 0) is 9.59 Å². The maximum absolute atomic E-state index is 16.9. The zero-order valence-corrected chi connectivity index (χ0v) is 17.3. The minimum Gasteiger partial charge on any atom is -0.390 e. The van der Waals surface area contributed by atoms with Gasteiger partial charge in [0.1, 0.15) is 5.60 Å². The molecule has 4 aliphatic rings. The molecule has 0 aromatic heterocycles. The van der Waals surface area contributed by atoms with E-state index in [0.717, 1.165) is 5.57 Å². The summed E-state index contributed by atoms with van der Waals surface area (Å²) in [4.78, 5) is 24.5. The molecule has 3 fully saturated rings. The molecule has 0 heterocycles. The highest BCUT2D eigenvalue weighted by Crippen LogP contribution is 2.70. The second kappa shape index (κ2) is 5.99. The van der Waals surface area contributed by atoms with Gasteiger partial charge in [-0.15, -0.1) is 11.6 Å². The Balaban J connectivity index is 1.84. The highest BCUT2D eigenvalue weighted by Gasteiger charge is 2.75. The lowest BCUT2D eigenvalue weighted by Gasteiger charge is -2.62. The molecule has 4 nitrogen and oxygen atoms in total. The first-order valence-electron chi connectivity index (χ1n) is 10.1. The summed E-state index contributed by atoms with van der Waals surface area (Å²) >= 11 is 5.81. The standard InChI is InChI=1S/C22H28ClFO4/c1-12-8-16-15-5-4-13-9-14(25)6-7-19(13,2)21(15,24)17(26)10-20(16,3)22(12,28)18(27)11-23/h6-7,9,12,15-17,26,28H,4-5,8,10-11H2,1-3H3/t12-,15+,16+,17-,19+,20+,21-,22-/m1/s1. The molecule has 154 valence electrons. The van der Waals surface area contributed by atoms with Crippen LogP contribution < -0.4 is 0 Å². The molecule has 0 spiro atoms. The Kier molecular flexibility index (Phi) is 4.33. The minimum atomic E-state index is -1.95. The van der Waals surface area contributed by atoms with Crippen LogP contribution in [0.1, 0.15) is 46.5 Å². The largest absolute Gasteiger partial charge is 0.390 e. The lowest BCUT2D eigenvalue weighted by molar-refractivity contribution is -0.218. The third-order valence-electron chi connectivity index (χ3n) is 8.77. The van der Waals surface area contributed by atoms with E-state index in [2.05, 4.69) is 0 Å². The van der Waals surface area contributed by atoms with Crippen molar-refractivity contribution >= 4 is 23.2 Å². The molecule has 0 amide bonds. The van der Waals surface area contributed by atoms with Gasteiger partial charge in [-0.25, -0.2) is 4.39 Å². The average molecular weight is 411 g/mol. The van der Waals surface area contributed by atoms with Gasteiger partial charge in [0.25, 0.3) is 0 Å². The van der Waals surface area contributed by atoms with Crippen molar-refractivity contribution in [3.63, 3.8) is 0 Å². The van der Waals surface area contributed by atoms with Gasteiger partial charge in [-0.3, -0.25) is 9.59 Å². The number of Topliss-reactive ketones (excluding diaryl/α,β-unsaturated/α-hetero) is 1. The molecule has 0 unspecified atom stereocenters. The predicted octanol–water partition coefficient (Wildman–Crippen LogP) is 3.14. The molecule has 8 atom stereocenters. The third kappa shape index (κ3) is 2.08. The van der Waals surface area contributed by atoms with Crippen LogP contribution in [0.15, 0.2) is 23.8 Å². The summed E-state index contributed by atoms with van der Waals surface area (Å²) < 4.78 is 16.9. The zero-order valence-electron chi connectivity index (χ0n) is 16.5. The summed E-state index contributed by atoms with van der Waals surface area (Å²) in [5.74, 6) is -2.03. The molecule has 0 aromatic carbocycles. The van der Waals surface area contributed by atoms with Crippen LogP contribution in [0, 0.1) is 28.6 Å². The van der Waals surface area contributed by atoms with Crippen LogP contribution >= 0.6 is 11.6 Å². The molecule has 0 radical (unpaired) electrons. The number of halogens is 2. The van der Waals surface area contributed by atoms with E-state index in [1.165, 1.54) is 12.2 Å². The van der Waals surface area contributed by atoms with E-state index >= 15 is 4.39 Å². The average Bonchev–Trinajstić information content (AvgIpc) is 2.84. The number of ketones is 2. The predicted molar refractivity (Wildman–Crippen MR) is 104 cm³/mol. The maximum atomic E-state index is 16.9. The summed E-state index contributed by atoms with van der Waals surface area (Å²) in [6, 6.07) is 0. The molecule has 0 aromatic rings. The van der Waals surface area contributed by atoms with Crippen LogP contribution in [0.4, 0.5) is 4.39 Å². The number of rotatable bonds is 2. The Morgan fingerprint density at radius 1 is 1.36 bits per heavy atom. The number of carbonyl (C=O) groups excluding carboxylic acids is 2. The molecule has 28 heavy (non-hydrogen) atoms. The van der Waals surface area contributed by atoms with Gasteiger partial charge in [-0.05, 0) is 56.6 Å². The van der Waals surface area contributed by atoms with Gasteiger partial charge in [0.2, 0.25) is 0 Å². The first-order valence-corrected chi connectivity index (χ1v) is 10.6. The summed E-state index contributed by atoms with van der Waals surface area (Å²) in [6.07, 6.45) is 4.69. The number of aliphatic hydroxyl groups excluding tert-OH is 1. The molecule has 0 saturated heterocycles. The van der Waals surface area contributed by atoms with Gasteiger partial charge >= 0.3 is 0 Å². The van der Waals surface area contributed by atoms with E-state index in [0.29, 0.717) is 19.3 Å². The number of carbonyl (C=O) groups is 2. The van der Waals surface area contributed by atoms with Crippen molar-refractivity contribution in [1.29, 1.82) is 0 Å². The second-order valence-electron chi connectivity index (χ2n) is 9.72. The van der Waals surface area contributed by atoms with Gasteiger partial charge in [0.15, 0.2) is 17.2 Å². The monoisotopic (exact) mass is 410 g/mol. The fraction of sp³-hybridized carbons (Fsp3) is 0.727. The Morgan fingerprint density at radius 2 is 2.04 bits per heavy atom. The molecular formula is C22H28ClFO4. The van der Waals surface area contributed by atoms with E-state index in [1.807, 2.05) is 13.8 Å². The van der Waals surface area contributed by atoms with E-state index in [9.17, 15) is 19.8 Å². The summed E-state index contributed by atoms with van der Waals surface area (Å²) in [5, 5.41) is 22.6.